The lowest BCUT2D eigenvalue weighted by atomic mass is 10.2. The van der Waals surface area contributed by atoms with Crippen LogP contribution in [-0.4, -0.2) is 12.0 Å². The second kappa shape index (κ2) is 3.72. The third-order valence-corrected chi connectivity index (χ3v) is 1.30. The molecule has 0 N–H and O–H groups in total. The van der Waals surface area contributed by atoms with Crippen molar-refractivity contribution >= 4 is 17.7 Å². The van der Waals surface area contributed by atoms with E-state index in [0.29, 0.717) is 0 Å². The standard InChI is InChI=1S/C6H11NS/c1-5(2)6(3)7-8-4/h1H2,2-4H3/b7-6-. The molecule has 0 saturated carbocycles. The molecule has 1 nitrogen and oxygen atoms in total. The Hall–Kier alpha value is -0.240. The van der Waals surface area contributed by atoms with E-state index in [1.807, 2.05) is 20.1 Å². The highest BCUT2D eigenvalue weighted by atomic mass is 32.2. The van der Waals surface area contributed by atoms with Crippen molar-refractivity contribution in [2.24, 2.45) is 4.40 Å². The van der Waals surface area contributed by atoms with Gasteiger partial charge < -0.3 is 0 Å². The zero-order chi connectivity index (χ0) is 6.57. The van der Waals surface area contributed by atoms with Crippen molar-refractivity contribution in [3.63, 3.8) is 0 Å². The van der Waals surface area contributed by atoms with Crippen LogP contribution in [0.5, 0.6) is 0 Å². The Morgan fingerprint density at radius 1 is 1.50 bits per heavy atom. The first kappa shape index (κ1) is 7.76. The van der Waals surface area contributed by atoms with E-state index in [2.05, 4.69) is 11.0 Å². The van der Waals surface area contributed by atoms with Gasteiger partial charge >= 0.3 is 0 Å². The molecule has 0 aromatic carbocycles. The zero-order valence-corrected chi connectivity index (χ0v) is 6.38. The predicted octanol–water partition coefficient (Wildman–Crippen LogP) is 2.30. The van der Waals surface area contributed by atoms with Gasteiger partial charge in [-0.25, -0.2) is 4.40 Å². The molecule has 0 atom stereocenters. The van der Waals surface area contributed by atoms with Crippen LogP contribution in [0.4, 0.5) is 0 Å². The molecule has 0 aliphatic rings. The second-order valence-electron chi connectivity index (χ2n) is 1.64. The number of nitrogens with zero attached hydrogens (tertiary/aromatic N) is 1. The first-order chi connectivity index (χ1) is 3.68. The molecule has 2 heteroatoms. The molecular formula is C6H11NS. The molecular weight excluding hydrogens is 118 g/mol. The van der Waals surface area contributed by atoms with Crippen molar-refractivity contribution in [2.45, 2.75) is 13.8 Å². The highest BCUT2D eigenvalue weighted by Crippen LogP contribution is 1.99. The van der Waals surface area contributed by atoms with Gasteiger partial charge in [0.25, 0.3) is 0 Å². The molecule has 0 aliphatic heterocycles. The molecule has 0 aromatic rings. The third-order valence-electron chi connectivity index (χ3n) is 0.846. The predicted molar refractivity (Wildman–Crippen MR) is 41.4 cm³/mol. The van der Waals surface area contributed by atoms with E-state index in [-0.39, 0.29) is 0 Å². The smallest absolute Gasteiger partial charge is 0.0479 e. The van der Waals surface area contributed by atoms with Crippen molar-refractivity contribution in [2.75, 3.05) is 6.26 Å². The number of hydrogen-bond donors (Lipinski definition) is 0. The van der Waals surface area contributed by atoms with Gasteiger partial charge in [0.05, 0.1) is 0 Å². The molecule has 0 unspecified atom stereocenters. The van der Waals surface area contributed by atoms with Gasteiger partial charge in [-0.1, -0.05) is 6.58 Å². The largest absolute Gasteiger partial charge is 0.222 e. The zero-order valence-electron chi connectivity index (χ0n) is 5.56. The number of hydrogen-bond acceptors (Lipinski definition) is 2. The summed E-state index contributed by atoms with van der Waals surface area (Å²) in [6.07, 6.45) is 1.94. The summed E-state index contributed by atoms with van der Waals surface area (Å²) in [6.45, 7) is 7.64. The summed E-state index contributed by atoms with van der Waals surface area (Å²) in [5, 5.41) is 0. The highest BCUT2D eigenvalue weighted by molar-refractivity contribution is 7.97. The summed E-state index contributed by atoms with van der Waals surface area (Å²) in [5.41, 5.74) is 2.07. The second-order valence-corrected chi connectivity index (χ2v) is 2.19. The maximum Gasteiger partial charge on any atom is 0.0479 e. The first-order valence-electron chi connectivity index (χ1n) is 2.42. The van der Waals surface area contributed by atoms with E-state index in [1.165, 1.54) is 11.9 Å². The molecule has 0 amide bonds. The minimum atomic E-state index is 1.03. The van der Waals surface area contributed by atoms with Crippen LogP contribution in [0.2, 0.25) is 0 Å². The summed E-state index contributed by atoms with van der Waals surface area (Å²) in [7, 11) is 0. The molecule has 0 aromatic heterocycles. The van der Waals surface area contributed by atoms with Gasteiger partial charge in [0.15, 0.2) is 0 Å². The van der Waals surface area contributed by atoms with E-state index < -0.39 is 0 Å². The van der Waals surface area contributed by atoms with E-state index in [1.54, 1.807) is 0 Å². The van der Waals surface area contributed by atoms with E-state index in [4.69, 9.17) is 0 Å². The molecule has 0 saturated heterocycles. The first-order valence-corrected chi connectivity index (χ1v) is 3.60. The lowest BCUT2D eigenvalue weighted by Crippen LogP contribution is -1.87. The van der Waals surface area contributed by atoms with Crippen molar-refractivity contribution in [3.05, 3.63) is 12.2 Å². The Labute approximate surface area is 55.0 Å². The van der Waals surface area contributed by atoms with E-state index in [9.17, 15) is 0 Å². The van der Waals surface area contributed by atoms with Crippen molar-refractivity contribution in [1.29, 1.82) is 0 Å². The molecule has 0 rings (SSSR count). The molecule has 0 radical (unpaired) electrons. The van der Waals surface area contributed by atoms with Crippen molar-refractivity contribution in [1.82, 2.24) is 0 Å². The van der Waals surface area contributed by atoms with Gasteiger partial charge in [-0.05, 0) is 31.4 Å². The third kappa shape index (κ3) is 2.86. The van der Waals surface area contributed by atoms with Crippen molar-refractivity contribution < 1.29 is 0 Å². The summed E-state index contributed by atoms with van der Waals surface area (Å²) < 4.78 is 4.06. The van der Waals surface area contributed by atoms with Crippen LogP contribution in [-0.2, 0) is 0 Å². The van der Waals surface area contributed by atoms with Gasteiger partial charge in [0, 0.05) is 12.0 Å². The van der Waals surface area contributed by atoms with Crippen LogP contribution in [0.1, 0.15) is 13.8 Å². The summed E-state index contributed by atoms with van der Waals surface area (Å²) in [6, 6.07) is 0. The monoisotopic (exact) mass is 129 g/mol. The summed E-state index contributed by atoms with van der Waals surface area (Å²) in [5.74, 6) is 0. The van der Waals surface area contributed by atoms with Crippen LogP contribution < -0.4 is 0 Å². The lowest BCUT2D eigenvalue weighted by Gasteiger charge is -1.92. The Morgan fingerprint density at radius 2 is 2.00 bits per heavy atom. The number of allylic oxidation sites excluding steroid dienone is 1. The molecule has 0 fully saturated rings. The highest BCUT2D eigenvalue weighted by Gasteiger charge is 1.86. The van der Waals surface area contributed by atoms with Crippen LogP contribution in [0.3, 0.4) is 0 Å². The summed E-state index contributed by atoms with van der Waals surface area (Å²) in [4.78, 5) is 0. The molecule has 0 spiro atoms. The average Bonchev–Trinajstić information content (AvgIpc) is 1.67. The molecule has 8 heavy (non-hydrogen) atoms. The quantitative estimate of drug-likeness (QED) is 0.411. The molecule has 46 valence electrons. The Morgan fingerprint density at radius 3 is 2.12 bits per heavy atom. The molecule has 0 bridgehead atoms. The fourth-order valence-corrected chi connectivity index (χ4v) is 0.645. The maximum absolute atomic E-state index is 4.06. The summed E-state index contributed by atoms with van der Waals surface area (Å²) >= 11 is 1.47. The van der Waals surface area contributed by atoms with E-state index >= 15 is 0 Å². The fourth-order valence-electron chi connectivity index (χ4n) is 0.215. The van der Waals surface area contributed by atoms with Gasteiger partial charge in [0.1, 0.15) is 0 Å². The Bertz CT molecular complexity index is 116. The van der Waals surface area contributed by atoms with Gasteiger partial charge in [-0.15, -0.1) is 0 Å². The van der Waals surface area contributed by atoms with Gasteiger partial charge in [-0.3, -0.25) is 0 Å². The maximum atomic E-state index is 4.06. The van der Waals surface area contributed by atoms with Crippen LogP contribution >= 0.6 is 11.9 Å². The SMILES string of the molecule is C=C(C)/C(C)=N\SC. The lowest BCUT2D eigenvalue weighted by molar-refractivity contribution is 1.57. The Kier molecular flexibility index (Phi) is 3.61. The van der Waals surface area contributed by atoms with Gasteiger partial charge in [0.2, 0.25) is 0 Å². The van der Waals surface area contributed by atoms with E-state index in [0.717, 1.165) is 11.3 Å². The molecule has 0 aliphatic carbocycles. The fraction of sp³-hybridized carbons (Fsp3) is 0.500. The van der Waals surface area contributed by atoms with Crippen LogP contribution in [0.15, 0.2) is 16.5 Å². The van der Waals surface area contributed by atoms with Crippen LogP contribution in [0, 0.1) is 0 Å². The normalized spacial score (nSPS) is 11.6. The van der Waals surface area contributed by atoms with Crippen molar-refractivity contribution in [3.8, 4) is 0 Å². The molecule has 0 heterocycles. The van der Waals surface area contributed by atoms with Gasteiger partial charge in [-0.2, -0.15) is 0 Å². The minimum absolute atomic E-state index is 1.03. The van der Waals surface area contributed by atoms with Crippen LogP contribution in [0.25, 0.3) is 0 Å². The Balaban J connectivity index is 3.80. The minimum Gasteiger partial charge on any atom is -0.222 e. The topological polar surface area (TPSA) is 12.4 Å². The number of rotatable bonds is 2. The average molecular weight is 129 g/mol.